The van der Waals surface area contributed by atoms with Crippen LogP contribution >= 0.6 is 0 Å². The normalized spacial score (nSPS) is 23.3. The molecule has 0 aromatic rings. The van der Waals surface area contributed by atoms with Gasteiger partial charge in [0.25, 0.3) is 0 Å². The fourth-order valence-corrected chi connectivity index (χ4v) is 2.29. The van der Waals surface area contributed by atoms with E-state index in [1.165, 1.54) is 6.92 Å². The van der Waals surface area contributed by atoms with Crippen LogP contribution in [-0.2, 0) is 52.4 Å². The van der Waals surface area contributed by atoms with Crippen molar-refractivity contribution in [1.82, 2.24) is 0 Å². The average Bonchev–Trinajstić information content (AvgIpc) is 2.74. The van der Waals surface area contributed by atoms with E-state index in [2.05, 4.69) is 4.74 Å². The Labute approximate surface area is 173 Å². The standard InChI is InChI=1S/C19H26O11/c1-5-12(20)27-11-10-26-19(30-16(24)9-8-15(23)25-4)18(29-14(22)7-3)17(11)28-13(21)6-2/h8-9,11,17-19H,5-7,10H2,1-4H3/b9-8+/t11-,17-,18-,19?/m1/s1. The zero-order valence-corrected chi connectivity index (χ0v) is 17.3. The zero-order valence-electron chi connectivity index (χ0n) is 17.3. The van der Waals surface area contributed by atoms with Gasteiger partial charge < -0.3 is 28.4 Å². The van der Waals surface area contributed by atoms with E-state index < -0.39 is 54.4 Å². The highest BCUT2D eigenvalue weighted by Crippen LogP contribution is 2.26. The number of hydrogen-bond donors (Lipinski definition) is 0. The third-order valence-corrected chi connectivity index (χ3v) is 3.86. The highest BCUT2D eigenvalue weighted by Gasteiger charge is 2.49. The number of esters is 5. The summed E-state index contributed by atoms with van der Waals surface area (Å²) in [6.07, 6.45) is -3.54. The maximum absolute atomic E-state index is 12.0. The number of methoxy groups -OCH3 is 1. The molecule has 0 aromatic carbocycles. The molecule has 1 rings (SSSR count). The maximum atomic E-state index is 12.0. The molecule has 1 aliphatic heterocycles. The van der Waals surface area contributed by atoms with E-state index in [0.717, 1.165) is 19.3 Å². The molecular formula is C19H26O11. The van der Waals surface area contributed by atoms with Crippen LogP contribution in [0.2, 0.25) is 0 Å². The van der Waals surface area contributed by atoms with Gasteiger partial charge >= 0.3 is 29.8 Å². The second-order valence-corrected chi connectivity index (χ2v) is 5.99. The second-order valence-electron chi connectivity index (χ2n) is 5.99. The van der Waals surface area contributed by atoms with Gasteiger partial charge in [0.1, 0.15) is 0 Å². The van der Waals surface area contributed by atoms with Gasteiger partial charge in [-0.1, -0.05) is 20.8 Å². The van der Waals surface area contributed by atoms with Crippen molar-refractivity contribution >= 4 is 29.8 Å². The van der Waals surface area contributed by atoms with E-state index in [-0.39, 0.29) is 25.9 Å². The summed E-state index contributed by atoms with van der Waals surface area (Å²) in [4.78, 5) is 58.7. The molecule has 0 aliphatic carbocycles. The van der Waals surface area contributed by atoms with Gasteiger partial charge in [-0.3, -0.25) is 14.4 Å². The first-order chi connectivity index (χ1) is 14.2. The van der Waals surface area contributed by atoms with E-state index in [9.17, 15) is 24.0 Å². The Balaban J connectivity index is 3.11. The van der Waals surface area contributed by atoms with Gasteiger partial charge in [-0.05, 0) is 0 Å². The van der Waals surface area contributed by atoms with Crippen LogP contribution in [0.15, 0.2) is 12.2 Å². The largest absolute Gasteiger partial charge is 0.466 e. The number of rotatable bonds is 9. The molecule has 1 saturated heterocycles. The third kappa shape index (κ3) is 7.82. The van der Waals surface area contributed by atoms with E-state index in [1.54, 1.807) is 13.8 Å². The summed E-state index contributed by atoms with van der Waals surface area (Å²) in [6, 6.07) is 0. The molecule has 168 valence electrons. The second kappa shape index (κ2) is 12.6. The van der Waals surface area contributed by atoms with E-state index in [1.807, 2.05) is 0 Å². The molecule has 0 bridgehead atoms. The van der Waals surface area contributed by atoms with E-state index in [0.29, 0.717) is 0 Å². The van der Waals surface area contributed by atoms with Crippen LogP contribution in [0, 0.1) is 0 Å². The van der Waals surface area contributed by atoms with Gasteiger partial charge in [-0.15, -0.1) is 0 Å². The van der Waals surface area contributed by atoms with Gasteiger partial charge in [-0.25, -0.2) is 9.59 Å². The Bertz CT molecular complexity index is 669. The summed E-state index contributed by atoms with van der Waals surface area (Å²) >= 11 is 0. The average molecular weight is 430 g/mol. The molecule has 0 radical (unpaired) electrons. The smallest absolute Gasteiger partial charge is 0.333 e. The minimum absolute atomic E-state index is 0.00651. The van der Waals surface area contributed by atoms with Crippen LogP contribution in [0.3, 0.4) is 0 Å². The lowest BCUT2D eigenvalue weighted by molar-refractivity contribution is -0.273. The zero-order chi connectivity index (χ0) is 22.7. The SMILES string of the molecule is CCC(=O)O[C@@H]1[C@H](OC(=O)CC)COC(OC(=O)/C=C/C(=O)OC)[C@@H]1OC(=O)CC. The summed E-state index contributed by atoms with van der Waals surface area (Å²) in [5.41, 5.74) is 0. The van der Waals surface area contributed by atoms with Gasteiger partial charge in [-0.2, -0.15) is 0 Å². The molecule has 0 N–H and O–H groups in total. The van der Waals surface area contributed by atoms with Crippen molar-refractivity contribution in [2.75, 3.05) is 13.7 Å². The Morgan fingerprint density at radius 1 is 0.767 bits per heavy atom. The van der Waals surface area contributed by atoms with Crippen LogP contribution in [0.1, 0.15) is 40.0 Å². The monoisotopic (exact) mass is 430 g/mol. The Morgan fingerprint density at radius 3 is 1.80 bits per heavy atom. The Kier molecular flexibility index (Phi) is 10.5. The quantitative estimate of drug-likeness (QED) is 0.288. The van der Waals surface area contributed by atoms with Gasteiger partial charge in [0.15, 0.2) is 12.2 Å². The number of ether oxygens (including phenoxy) is 6. The van der Waals surface area contributed by atoms with Crippen molar-refractivity contribution < 1.29 is 52.4 Å². The molecule has 0 aromatic heterocycles. The molecule has 11 nitrogen and oxygen atoms in total. The van der Waals surface area contributed by atoms with Gasteiger partial charge in [0.2, 0.25) is 12.4 Å². The van der Waals surface area contributed by atoms with Gasteiger partial charge in [0.05, 0.1) is 13.7 Å². The molecule has 0 saturated carbocycles. The first-order valence-electron chi connectivity index (χ1n) is 9.42. The number of carbonyl (C=O) groups is 5. The van der Waals surface area contributed by atoms with Crippen LogP contribution < -0.4 is 0 Å². The van der Waals surface area contributed by atoms with Crippen molar-refractivity contribution in [3.63, 3.8) is 0 Å². The molecule has 1 heterocycles. The maximum Gasteiger partial charge on any atom is 0.333 e. The van der Waals surface area contributed by atoms with E-state index in [4.69, 9.17) is 23.7 Å². The Morgan fingerprint density at radius 2 is 1.27 bits per heavy atom. The number of hydrogen-bond acceptors (Lipinski definition) is 11. The molecule has 1 unspecified atom stereocenters. The third-order valence-electron chi connectivity index (χ3n) is 3.86. The lowest BCUT2D eigenvalue weighted by Crippen LogP contribution is -2.58. The molecular weight excluding hydrogens is 404 g/mol. The molecule has 30 heavy (non-hydrogen) atoms. The van der Waals surface area contributed by atoms with Crippen molar-refractivity contribution in [2.24, 2.45) is 0 Å². The highest BCUT2D eigenvalue weighted by atomic mass is 16.7. The lowest BCUT2D eigenvalue weighted by atomic mass is 10.0. The van der Waals surface area contributed by atoms with Gasteiger partial charge in [0, 0.05) is 31.4 Å². The summed E-state index contributed by atoms with van der Waals surface area (Å²) in [6.45, 7) is 4.38. The molecule has 0 amide bonds. The molecule has 11 heteroatoms. The van der Waals surface area contributed by atoms with Crippen LogP contribution in [0.25, 0.3) is 0 Å². The highest BCUT2D eigenvalue weighted by molar-refractivity contribution is 5.91. The summed E-state index contributed by atoms with van der Waals surface area (Å²) < 4.78 is 30.7. The van der Waals surface area contributed by atoms with Crippen LogP contribution in [-0.4, -0.2) is 68.2 Å². The van der Waals surface area contributed by atoms with Crippen LogP contribution in [0.5, 0.6) is 0 Å². The Hall–Kier alpha value is -2.95. The lowest BCUT2D eigenvalue weighted by Gasteiger charge is -2.39. The summed E-state index contributed by atoms with van der Waals surface area (Å²) in [5, 5.41) is 0. The van der Waals surface area contributed by atoms with Crippen molar-refractivity contribution in [2.45, 2.75) is 64.6 Å². The first-order valence-corrected chi connectivity index (χ1v) is 9.42. The molecule has 0 spiro atoms. The minimum atomic E-state index is -1.47. The van der Waals surface area contributed by atoms with Crippen molar-refractivity contribution in [1.29, 1.82) is 0 Å². The summed E-state index contributed by atoms with van der Waals surface area (Å²) in [7, 11) is 1.13. The molecule has 1 fully saturated rings. The molecule has 1 aliphatic rings. The fraction of sp³-hybridized carbons (Fsp3) is 0.632. The minimum Gasteiger partial charge on any atom is -0.466 e. The number of carbonyl (C=O) groups excluding carboxylic acids is 5. The van der Waals surface area contributed by atoms with Crippen molar-refractivity contribution in [3.05, 3.63) is 12.2 Å². The van der Waals surface area contributed by atoms with Crippen molar-refractivity contribution in [3.8, 4) is 0 Å². The first kappa shape index (κ1) is 25.1. The predicted molar refractivity (Wildman–Crippen MR) is 97.5 cm³/mol. The summed E-state index contributed by atoms with van der Waals surface area (Å²) in [5.74, 6) is -3.69. The predicted octanol–water partition coefficient (Wildman–Crippen LogP) is 0.581. The van der Waals surface area contributed by atoms with E-state index >= 15 is 0 Å². The fourth-order valence-electron chi connectivity index (χ4n) is 2.29. The van der Waals surface area contributed by atoms with Crippen LogP contribution in [0.4, 0.5) is 0 Å². The topological polar surface area (TPSA) is 141 Å². The molecule has 4 atom stereocenters.